The molecule has 12 nitrogen and oxygen atoms in total. The van der Waals surface area contributed by atoms with Crippen LogP contribution >= 0.6 is 0 Å². The maximum Gasteiger partial charge on any atom is 0.240 e. The molecular weight excluding hydrogens is 769 g/mol. The summed E-state index contributed by atoms with van der Waals surface area (Å²) in [5.74, 6) is 0. The lowest BCUT2D eigenvalue weighted by Crippen LogP contribution is -2.52. The van der Waals surface area contributed by atoms with E-state index >= 15 is 0 Å². The maximum atomic E-state index is 13.5. The Morgan fingerprint density at radius 1 is 0.352 bits per heavy atom. The minimum Gasteiger partial charge on any atom is -0.207 e. The molecule has 0 radical (unpaired) electrons. The topological polar surface area (TPSA) is 185 Å². The summed E-state index contributed by atoms with van der Waals surface area (Å²) >= 11 is 0. The first-order valence-electron chi connectivity index (χ1n) is 18.0. The van der Waals surface area contributed by atoms with Crippen molar-refractivity contribution in [2.24, 2.45) is 0 Å². The van der Waals surface area contributed by atoms with Gasteiger partial charge in [0.2, 0.25) is 40.1 Å². The number of nitrogens with one attached hydrogen (secondary N) is 4. The van der Waals surface area contributed by atoms with Crippen molar-refractivity contribution >= 4 is 40.1 Å². The van der Waals surface area contributed by atoms with Gasteiger partial charge in [-0.05, 0) is 99.2 Å². The fraction of sp³-hybridized carbons (Fsp3) is 0.368. The van der Waals surface area contributed by atoms with E-state index in [1.54, 1.807) is 48.5 Å². The fourth-order valence-electron chi connectivity index (χ4n) is 6.98. The number of hydrogen-bond donors (Lipinski definition) is 4. The van der Waals surface area contributed by atoms with Crippen LogP contribution in [-0.4, -0.2) is 57.8 Å². The second-order valence-electron chi connectivity index (χ2n) is 14.2. The van der Waals surface area contributed by atoms with Crippen LogP contribution in [0.15, 0.2) is 117 Å². The predicted octanol–water partition coefficient (Wildman–Crippen LogP) is 5.11. The van der Waals surface area contributed by atoms with Gasteiger partial charge in [0.05, 0.1) is 19.6 Å². The minimum absolute atomic E-state index is 0.0143. The van der Waals surface area contributed by atoms with E-state index < -0.39 is 64.3 Å². The summed E-state index contributed by atoms with van der Waals surface area (Å²) in [6.45, 7) is 3.73. The summed E-state index contributed by atoms with van der Waals surface area (Å²) in [5.41, 5.74) is 3.17. The molecule has 2 aliphatic rings. The third-order valence-corrected chi connectivity index (χ3v) is 16.1. The molecule has 0 aliphatic heterocycles. The van der Waals surface area contributed by atoms with Crippen LogP contribution in [0.4, 0.5) is 0 Å². The number of rotatable bonds is 13. The van der Waals surface area contributed by atoms with E-state index in [-0.39, 0.29) is 19.6 Å². The highest BCUT2D eigenvalue weighted by Gasteiger charge is 2.34. The quantitative estimate of drug-likeness (QED) is 0.144. The van der Waals surface area contributed by atoms with E-state index in [4.69, 9.17) is 0 Å². The second-order valence-corrected chi connectivity index (χ2v) is 21.0. The van der Waals surface area contributed by atoms with Crippen molar-refractivity contribution in [3.8, 4) is 11.1 Å². The molecule has 16 heteroatoms. The van der Waals surface area contributed by atoms with Crippen LogP contribution < -0.4 is 18.9 Å². The standard InChI is InChI=1S/C38H46N4O8S4/c1-27-11-19-31(20-12-27)51(43,44)39-35-7-3-5-9-37(35)41-53(47,48)33-23-15-29(16-24-33)30-17-25-34(26-18-30)54(49,50)42-38-10-6-4-8-36(38)40-52(45,46)32-21-13-28(2)14-22-32/h11-26,35-42H,3-10H2,1-2H3/t35-,36-,37-,38-/m1/s1. The Kier molecular flexibility index (Phi) is 12.1. The number of benzene rings is 4. The van der Waals surface area contributed by atoms with Gasteiger partial charge in [0.1, 0.15) is 0 Å². The molecular formula is C38H46N4O8S4. The lowest BCUT2D eigenvalue weighted by atomic mass is 9.92. The highest BCUT2D eigenvalue weighted by molar-refractivity contribution is 7.90. The molecule has 0 amide bonds. The summed E-state index contributed by atoms with van der Waals surface area (Å²) in [5, 5.41) is 0. The van der Waals surface area contributed by atoms with Gasteiger partial charge in [0.15, 0.2) is 0 Å². The third-order valence-electron chi connectivity index (χ3n) is 10.1. The van der Waals surface area contributed by atoms with E-state index in [2.05, 4.69) is 18.9 Å². The van der Waals surface area contributed by atoms with E-state index in [1.165, 1.54) is 48.5 Å². The zero-order valence-corrected chi connectivity index (χ0v) is 33.4. The summed E-state index contributed by atoms with van der Waals surface area (Å²) in [6.07, 6.45) is 4.98. The molecule has 0 heterocycles. The van der Waals surface area contributed by atoms with Crippen molar-refractivity contribution in [3.63, 3.8) is 0 Å². The van der Waals surface area contributed by atoms with E-state index in [0.29, 0.717) is 36.8 Å². The molecule has 4 atom stereocenters. The van der Waals surface area contributed by atoms with Gasteiger partial charge < -0.3 is 0 Å². The Morgan fingerprint density at radius 2 is 0.556 bits per heavy atom. The van der Waals surface area contributed by atoms with Gasteiger partial charge in [-0.25, -0.2) is 52.6 Å². The van der Waals surface area contributed by atoms with Gasteiger partial charge in [-0.1, -0.05) is 85.3 Å². The van der Waals surface area contributed by atoms with Crippen LogP contribution in [0.2, 0.25) is 0 Å². The van der Waals surface area contributed by atoms with Crippen LogP contribution in [0.5, 0.6) is 0 Å². The fourth-order valence-corrected chi connectivity index (χ4v) is 12.2. The van der Waals surface area contributed by atoms with Crippen molar-refractivity contribution in [3.05, 3.63) is 108 Å². The van der Waals surface area contributed by atoms with Crippen LogP contribution in [0, 0.1) is 13.8 Å². The van der Waals surface area contributed by atoms with Gasteiger partial charge in [-0.2, -0.15) is 0 Å². The molecule has 2 saturated carbocycles. The largest absolute Gasteiger partial charge is 0.240 e. The molecule has 0 bridgehead atoms. The number of sulfonamides is 4. The lowest BCUT2D eigenvalue weighted by Gasteiger charge is -2.32. The zero-order valence-electron chi connectivity index (χ0n) is 30.1. The van der Waals surface area contributed by atoms with Crippen molar-refractivity contribution in [1.29, 1.82) is 0 Å². The molecule has 4 aromatic rings. The first-order chi connectivity index (χ1) is 25.5. The maximum absolute atomic E-state index is 13.5. The Bertz CT molecular complexity index is 2200. The molecule has 2 aliphatic carbocycles. The molecule has 0 spiro atoms. The number of hydrogen-bond acceptors (Lipinski definition) is 8. The minimum atomic E-state index is -4.01. The van der Waals surface area contributed by atoms with E-state index in [0.717, 1.165) is 36.8 Å². The number of aryl methyl sites for hydroxylation is 2. The van der Waals surface area contributed by atoms with Gasteiger partial charge in [-0.3, -0.25) is 0 Å². The van der Waals surface area contributed by atoms with E-state index in [9.17, 15) is 33.7 Å². The van der Waals surface area contributed by atoms with Crippen LogP contribution in [-0.2, 0) is 40.1 Å². The first kappa shape index (κ1) is 40.2. The Balaban J connectivity index is 1.10. The molecule has 2 fully saturated rings. The van der Waals surface area contributed by atoms with Crippen LogP contribution in [0.3, 0.4) is 0 Å². The highest BCUT2D eigenvalue weighted by atomic mass is 32.2. The molecule has 4 N–H and O–H groups in total. The summed E-state index contributed by atoms with van der Waals surface area (Å²) in [7, 11) is -15.7. The molecule has 4 aromatic carbocycles. The third kappa shape index (κ3) is 9.66. The Labute approximate surface area is 319 Å². The Hall–Kier alpha value is -3.48. The SMILES string of the molecule is Cc1ccc(S(=O)(=O)N[C@@H]2CCCC[C@H]2NS(=O)(=O)c2ccc(-c3ccc(S(=O)(=O)N[C@@H]4CCCC[C@H]4NS(=O)(=O)c4ccc(C)cc4)cc3)cc2)cc1. The average Bonchev–Trinajstić information content (AvgIpc) is 3.13. The summed E-state index contributed by atoms with van der Waals surface area (Å²) in [6, 6.07) is 22.8. The smallest absolute Gasteiger partial charge is 0.207 e. The Morgan fingerprint density at radius 3 is 0.778 bits per heavy atom. The lowest BCUT2D eigenvalue weighted by molar-refractivity contribution is 0.340. The molecule has 0 saturated heterocycles. The molecule has 54 heavy (non-hydrogen) atoms. The van der Waals surface area contributed by atoms with Crippen LogP contribution in [0.1, 0.15) is 62.5 Å². The van der Waals surface area contributed by atoms with Crippen molar-refractivity contribution < 1.29 is 33.7 Å². The molecule has 6 rings (SSSR count). The average molecular weight is 815 g/mol. The zero-order chi connectivity index (χ0) is 38.7. The van der Waals surface area contributed by atoms with E-state index in [1.807, 2.05) is 13.8 Å². The second kappa shape index (κ2) is 16.3. The van der Waals surface area contributed by atoms with Crippen molar-refractivity contribution in [1.82, 2.24) is 18.9 Å². The summed E-state index contributed by atoms with van der Waals surface area (Å²) < 4.78 is 117. The van der Waals surface area contributed by atoms with Gasteiger partial charge in [0.25, 0.3) is 0 Å². The predicted molar refractivity (Wildman–Crippen MR) is 208 cm³/mol. The summed E-state index contributed by atoms with van der Waals surface area (Å²) in [4.78, 5) is 0.269. The van der Waals surface area contributed by atoms with Gasteiger partial charge in [0, 0.05) is 24.2 Å². The van der Waals surface area contributed by atoms with Crippen molar-refractivity contribution in [2.75, 3.05) is 0 Å². The first-order valence-corrected chi connectivity index (χ1v) is 23.9. The van der Waals surface area contributed by atoms with Gasteiger partial charge >= 0.3 is 0 Å². The monoisotopic (exact) mass is 814 g/mol. The normalized spacial score (nSPS) is 21.4. The van der Waals surface area contributed by atoms with Crippen molar-refractivity contribution in [2.45, 2.75) is 109 Å². The van der Waals surface area contributed by atoms with Gasteiger partial charge in [-0.15, -0.1) is 0 Å². The van der Waals surface area contributed by atoms with Crippen LogP contribution in [0.25, 0.3) is 11.1 Å². The highest BCUT2D eigenvalue weighted by Crippen LogP contribution is 2.27. The molecule has 290 valence electrons. The molecule has 0 unspecified atom stereocenters. The molecule has 0 aromatic heterocycles.